The van der Waals surface area contributed by atoms with Crippen LogP contribution in [0.15, 0.2) is 0 Å². The molecule has 22 heavy (non-hydrogen) atoms. The summed E-state index contributed by atoms with van der Waals surface area (Å²) < 4.78 is 10.9. The first kappa shape index (κ1) is 15.7. The van der Waals surface area contributed by atoms with Gasteiger partial charge in [-0.15, -0.1) is 0 Å². The van der Waals surface area contributed by atoms with E-state index in [9.17, 15) is 9.59 Å². The van der Waals surface area contributed by atoms with Crippen LogP contribution < -0.4 is 5.32 Å². The van der Waals surface area contributed by atoms with E-state index in [-0.39, 0.29) is 24.0 Å². The summed E-state index contributed by atoms with van der Waals surface area (Å²) in [5.41, 5.74) is -0.141. The van der Waals surface area contributed by atoms with Gasteiger partial charge in [0.25, 0.3) is 0 Å². The molecule has 2 aliphatic heterocycles. The van der Waals surface area contributed by atoms with Crippen molar-refractivity contribution < 1.29 is 19.1 Å². The largest absolute Gasteiger partial charge is 0.375 e. The molecule has 1 atom stereocenters. The quantitative estimate of drug-likeness (QED) is 0.778. The van der Waals surface area contributed by atoms with E-state index in [0.29, 0.717) is 44.5 Å². The van der Waals surface area contributed by atoms with Crippen molar-refractivity contribution in [1.82, 2.24) is 10.2 Å². The molecular formula is C16H26N2O4. The lowest BCUT2D eigenvalue weighted by Gasteiger charge is -2.52. The molecule has 3 fully saturated rings. The van der Waals surface area contributed by atoms with Gasteiger partial charge in [0.15, 0.2) is 0 Å². The van der Waals surface area contributed by atoms with Gasteiger partial charge < -0.3 is 19.7 Å². The minimum atomic E-state index is -0.141. The molecule has 2 amide bonds. The minimum absolute atomic E-state index is 0.0335. The minimum Gasteiger partial charge on any atom is -0.375 e. The Morgan fingerprint density at radius 3 is 2.64 bits per heavy atom. The highest BCUT2D eigenvalue weighted by Gasteiger charge is 2.48. The van der Waals surface area contributed by atoms with Crippen molar-refractivity contribution in [1.29, 1.82) is 0 Å². The van der Waals surface area contributed by atoms with E-state index in [2.05, 4.69) is 5.32 Å². The Morgan fingerprint density at radius 1 is 1.27 bits per heavy atom. The molecule has 1 spiro atoms. The number of hydrogen-bond acceptors (Lipinski definition) is 4. The van der Waals surface area contributed by atoms with Crippen LogP contribution in [0.1, 0.15) is 32.1 Å². The predicted molar refractivity (Wildman–Crippen MR) is 80.2 cm³/mol. The first-order valence-corrected chi connectivity index (χ1v) is 8.27. The van der Waals surface area contributed by atoms with Gasteiger partial charge >= 0.3 is 0 Å². The van der Waals surface area contributed by atoms with Gasteiger partial charge in [-0.05, 0) is 37.5 Å². The first-order chi connectivity index (χ1) is 10.6. The third-order valence-electron chi connectivity index (χ3n) is 4.97. The number of carbonyl (C=O) groups excluding carboxylic acids is 2. The number of likely N-dealkylation sites (tertiary alicyclic amines) is 1. The van der Waals surface area contributed by atoms with Crippen LogP contribution in [0, 0.1) is 11.8 Å². The smallest absolute Gasteiger partial charge is 0.248 e. The standard InChI is InChI=1S/C16H26N2O4/c1-21-9-15(20)18-10-16(11-18)5-4-13(8-22-16)7-17-14(19)6-12-2-3-12/h12-13H,2-11H2,1H3,(H,17,19). The molecule has 1 unspecified atom stereocenters. The van der Waals surface area contributed by atoms with E-state index < -0.39 is 0 Å². The van der Waals surface area contributed by atoms with E-state index in [1.54, 1.807) is 4.90 Å². The van der Waals surface area contributed by atoms with Crippen molar-refractivity contribution in [3.05, 3.63) is 0 Å². The zero-order valence-corrected chi connectivity index (χ0v) is 13.3. The summed E-state index contributed by atoms with van der Waals surface area (Å²) in [6.07, 6.45) is 5.12. The summed E-state index contributed by atoms with van der Waals surface area (Å²) in [5, 5.41) is 3.03. The van der Waals surface area contributed by atoms with Gasteiger partial charge in [0.05, 0.1) is 19.7 Å². The van der Waals surface area contributed by atoms with Gasteiger partial charge in [0.1, 0.15) is 12.2 Å². The van der Waals surface area contributed by atoms with Crippen molar-refractivity contribution in [3.8, 4) is 0 Å². The zero-order valence-electron chi connectivity index (χ0n) is 13.3. The number of carbonyl (C=O) groups is 2. The highest BCUT2D eigenvalue weighted by Crippen LogP contribution is 2.36. The van der Waals surface area contributed by atoms with Gasteiger partial charge in [-0.2, -0.15) is 0 Å². The van der Waals surface area contributed by atoms with E-state index in [1.165, 1.54) is 20.0 Å². The number of nitrogens with zero attached hydrogens (tertiary/aromatic N) is 1. The molecule has 1 saturated carbocycles. The molecule has 1 N–H and O–H groups in total. The summed E-state index contributed by atoms with van der Waals surface area (Å²) >= 11 is 0. The Hall–Kier alpha value is -1.14. The average molecular weight is 310 g/mol. The second-order valence-electron chi connectivity index (χ2n) is 7.03. The third kappa shape index (κ3) is 3.79. The van der Waals surface area contributed by atoms with Crippen LogP contribution in [-0.4, -0.2) is 62.3 Å². The lowest BCUT2D eigenvalue weighted by atomic mass is 9.83. The number of hydrogen-bond donors (Lipinski definition) is 1. The molecule has 3 rings (SSSR count). The molecule has 124 valence electrons. The van der Waals surface area contributed by atoms with E-state index in [0.717, 1.165) is 12.8 Å². The lowest BCUT2D eigenvalue weighted by Crippen LogP contribution is -2.67. The molecule has 3 aliphatic rings. The van der Waals surface area contributed by atoms with Crippen LogP contribution in [0.25, 0.3) is 0 Å². The molecule has 0 bridgehead atoms. The van der Waals surface area contributed by atoms with E-state index in [1.807, 2.05) is 0 Å². The monoisotopic (exact) mass is 310 g/mol. The average Bonchev–Trinajstić information content (AvgIpc) is 3.27. The van der Waals surface area contributed by atoms with E-state index in [4.69, 9.17) is 9.47 Å². The fourth-order valence-corrected chi connectivity index (χ4v) is 3.28. The number of nitrogens with one attached hydrogen (secondary N) is 1. The molecule has 0 aromatic heterocycles. The number of ether oxygens (including phenoxy) is 2. The van der Waals surface area contributed by atoms with Gasteiger partial charge in [-0.1, -0.05) is 0 Å². The van der Waals surface area contributed by atoms with Crippen LogP contribution in [0.3, 0.4) is 0 Å². The van der Waals surface area contributed by atoms with Gasteiger partial charge in [-0.3, -0.25) is 9.59 Å². The van der Waals surface area contributed by atoms with Gasteiger partial charge in [0.2, 0.25) is 11.8 Å². The lowest BCUT2D eigenvalue weighted by molar-refractivity contribution is -0.190. The highest BCUT2D eigenvalue weighted by atomic mass is 16.5. The Bertz CT molecular complexity index is 420. The molecule has 1 aliphatic carbocycles. The Morgan fingerprint density at radius 2 is 2.05 bits per heavy atom. The number of rotatable bonds is 6. The Kier molecular flexibility index (Phi) is 4.68. The summed E-state index contributed by atoms with van der Waals surface area (Å²) in [4.78, 5) is 25.2. The highest BCUT2D eigenvalue weighted by molar-refractivity contribution is 5.78. The van der Waals surface area contributed by atoms with Crippen molar-refractivity contribution >= 4 is 11.8 Å². The SMILES string of the molecule is COCC(=O)N1CC2(CCC(CNC(=O)CC3CC3)CO2)C1. The molecular weight excluding hydrogens is 284 g/mol. The Balaban J connectivity index is 1.33. The molecule has 0 aromatic carbocycles. The topological polar surface area (TPSA) is 67.9 Å². The number of amides is 2. The second kappa shape index (κ2) is 6.54. The fourth-order valence-electron chi connectivity index (χ4n) is 3.28. The maximum atomic E-state index is 11.7. The van der Waals surface area contributed by atoms with Crippen molar-refractivity contribution in [3.63, 3.8) is 0 Å². The summed E-state index contributed by atoms with van der Waals surface area (Å²) in [6.45, 7) is 2.89. The maximum Gasteiger partial charge on any atom is 0.248 e. The van der Waals surface area contributed by atoms with E-state index >= 15 is 0 Å². The molecule has 2 saturated heterocycles. The van der Waals surface area contributed by atoms with Crippen molar-refractivity contribution in [2.24, 2.45) is 11.8 Å². The summed E-state index contributed by atoms with van der Waals surface area (Å²) in [7, 11) is 1.53. The Labute approximate surface area is 131 Å². The van der Waals surface area contributed by atoms with Crippen molar-refractivity contribution in [2.45, 2.75) is 37.7 Å². The zero-order chi connectivity index (χ0) is 15.6. The summed E-state index contributed by atoms with van der Waals surface area (Å²) in [6, 6.07) is 0. The van der Waals surface area contributed by atoms with Gasteiger partial charge in [0, 0.05) is 20.1 Å². The van der Waals surface area contributed by atoms with Crippen LogP contribution in [0.2, 0.25) is 0 Å². The van der Waals surface area contributed by atoms with Crippen LogP contribution >= 0.6 is 0 Å². The second-order valence-corrected chi connectivity index (χ2v) is 7.03. The molecule has 6 nitrogen and oxygen atoms in total. The van der Waals surface area contributed by atoms with Crippen molar-refractivity contribution in [2.75, 3.05) is 40.0 Å². The number of methoxy groups -OCH3 is 1. The summed E-state index contributed by atoms with van der Waals surface area (Å²) in [5.74, 6) is 1.25. The molecule has 2 heterocycles. The maximum absolute atomic E-state index is 11.7. The molecule has 6 heteroatoms. The fraction of sp³-hybridized carbons (Fsp3) is 0.875. The van der Waals surface area contributed by atoms with Crippen LogP contribution in [0.4, 0.5) is 0 Å². The normalized spacial score (nSPS) is 26.6. The predicted octanol–water partition coefficient (Wildman–Crippen LogP) is 0.557. The first-order valence-electron chi connectivity index (χ1n) is 8.27. The molecule has 0 aromatic rings. The third-order valence-corrected chi connectivity index (χ3v) is 4.97. The molecule has 0 radical (unpaired) electrons. The van der Waals surface area contributed by atoms with Crippen LogP contribution in [0.5, 0.6) is 0 Å². The van der Waals surface area contributed by atoms with Gasteiger partial charge in [-0.25, -0.2) is 0 Å². The van der Waals surface area contributed by atoms with Crippen LogP contribution in [-0.2, 0) is 19.1 Å².